The molecule has 6 rings (SSSR count). The summed E-state index contributed by atoms with van der Waals surface area (Å²) in [4.78, 5) is 13.5. The van der Waals surface area contributed by atoms with Crippen molar-refractivity contribution < 1.29 is 19.4 Å². The van der Waals surface area contributed by atoms with Crippen molar-refractivity contribution in [2.75, 3.05) is 20.8 Å². The van der Waals surface area contributed by atoms with E-state index in [9.17, 15) is 9.90 Å². The van der Waals surface area contributed by atoms with Crippen LogP contribution in [0.15, 0.2) is 140 Å². The van der Waals surface area contributed by atoms with Gasteiger partial charge in [-0.3, -0.25) is 0 Å². The average Bonchev–Trinajstić information content (AvgIpc) is 3.54. The Balaban J connectivity index is 1.70. The molecule has 2 atom stereocenters. The normalized spacial score (nSPS) is 17.7. The van der Waals surface area contributed by atoms with Crippen LogP contribution in [-0.2, 0) is 17.4 Å². The molecule has 1 unspecified atom stereocenters. The number of ether oxygens (including phenoxy) is 2. The van der Waals surface area contributed by atoms with Gasteiger partial charge in [0.1, 0.15) is 0 Å². The Morgan fingerprint density at radius 3 is 1.56 bits per heavy atom. The standard InChI is InChI=1S/C39H40NO4P/c1-43-37-24-14-12-16-31(37)26-30-27-36(39(41)42)40(28-30)45(33-18-6-3-7-19-33,34-20-8-4-9-21-34,35-22-10-5-11-23-35)29-32-17-13-15-25-38(32)44-2/h3-25,30,36H,26-29H2,1-2H3,(H,41,42)/t30?,36-/m0/s1. The second-order valence-electron chi connectivity index (χ2n) is 11.8. The first kappa shape index (κ1) is 30.6. The molecule has 1 heterocycles. The van der Waals surface area contributed by atoms with Gasteiger partial charge in [-0.25, -0.2) is 0 Å². The second-order valence-corrected chi connectivity index (χ2v) is 16.7. The van der Waals surface area contributed by atoms with Gasteiger partial charge in [0, 0.05) is 0 Å². The van der Waals surface area contributed by atoms with Crippen LogP contribution in [0.2, 0.25) is 0 Å². The van der Waals surface area contributed by atoms with E-state index in [1.54, 1.807) is 14.2 Å². The minimum absolute atomic E-state index is 0.0951. The van der Waals surface area contributed by atoms with Crippen LogP contribution in [0.4, 0.5) is 0 Å². The molecule has 1 N–H and O–H groups in total. The van der Waals surface area contributed by atoms with Crippen molar-refractivity contribution in [3.05, 3.63) is 151 Å². The third-order valence-electron chi connectivity index (χ3n) is 9.52. The summed E-state index contributed by atoms with van der Waals surface area (Å²) in [5.74, 6) is 0.932. The van der Waals surface area contributed by atoms with Gasteiger partial charge in [0.05, 0.1) is 0 Å². The number of hydrogen-bond donors (Lipinski definition) is 1. The number of carboxylic acid groups (broad SMARTS) is 1. The summed E-state index contributed by atoms with van der Waals surface area (Å²) in [5, 5.41) is 14.5. The summed E-state index contributed by atoms with van der Waals surface area (Å²) in [6.45, 7) is -3.23. The van der Waals surface area contributed by atoms with Crippen molar-refractivity contribution in [2.24, 2.45) is 5.92 Å². The zero-order chi connectivity index (χ0) is 31.3. The summed E-state index contributed by atoms with van der Waals surface area (Å²) < 4.78 is 14.1. The summed E-state index contributed by atoms with van der Waals surface area (Å²) in [7, 11) is 3.40. The molecule has 1 fully saturated rings. The van der Waals surface area contributed by atoms with Gasteiger partial charge in [-0.2, -0.15) is 0 Å². The summed E-state index contributed by atoms with van der Waals surface area (Å²) in [6.07, 6.45) is 1.84. The molecule has 5 aromatic rings. The van der Waals surface area contributed by atoms with E-state index in [0.29, 0.717) is 19.1 Å². The van der Waals surface area contributed by atoms with Gasteiger partial charge in [-0.1, -0.05) is 0 Å². The molecule has 1 aliphatic rings. The van der Waals surface area contributed by atoms with Gasteiger partial charge in [0.2, 0.25) is 0 Å². The van der Waals surface area contributed by atoms with Gasteiger partial charge >= 0.3 is 267 Å². The molecule has 45 heavy (non-hydrogen) atoms. The number of para-hydroxylation sites is 2. The van der Waals surface area contributed by atoms with Crippen LogP contribution in [0, 0.1) is 5.92 Å². The third-order valence-corrected chi connectivity index (χ3v) is 16.3. The van der Waals surface area contributed by atoms with E-state index in [4.69, 9.17) is 9.47 Å². The molecular weight excluding hydrogens is 577 g/mol. The monoisotopic (exact) mass is 617 g/mol. The van der Waals surface area contributed by atoms with E-state index in [1.807, 2.05) is 54.6 Å². The van der Waals surface area contributed by atoms with Crippen molar-refractivity contribution in [1.29, 1.82) is 0 Å². The number of nitrogens with zero attached hydrogens (tertiary/aromatic N) is 1. The van der Waals surface area contributed by atoms with E-state index < -0.39 is 18.8 Å². The quantitative estimate of drug-likeness (QED) is 0.168. The molecule has 6 heteroatoms. The fourth-order valence-electron chi connectivity index (χ4n) is 7.62. The van der Waals surface area contributed by atoms with Crippen LogP contribution in [0.5, 0.6) is 11.5 Å². The molecule has 0 aromatic heterocycles. The average molecular weight is 618 g/mol. The molecule has 1 aliphatic heterocycles. The SMILES string of the molecule is COc1ccccc1CC1C[C@@H](C(=O)O)N(P(Cc2ccccc2OC)(c2ccccc2)(c2ccccc2)c2ccccc2)C1. The number of rotatable bonds is 11. The van der Waals surface area contributed by atoms with Crippen LogP contribution in [0.1, 0.15) is 17.5 Å². The molecule has 0 bridgehead atoms. The second kappa shape index (κ2) is 12.9. The Bertz CT molecular complexity index is 1650. The van der Waals surface area contributed by atoms with Gasteiger partial charge < -0.3 is 0 Å². The molecule has 0 spiro atoms. The van der Waals surface area contributed by atoms with Gasteiger partial charge in [0.25, 0.3) is 0 Å². The molecular formula is C39H40NO4P. The summed E-state index contributed by atoms with van der Waals surface area (Å²) >= 11 is 0. The topological polar surface area (TPSA) is 59.0 Å². The molecule has 1 saturated heterocycles. The van der Waals surface area contributed by atoms with Gasteiger partial charge in [-0.15, -0.1) is 0 Å². The number of hydrogen-bond acceptors (Lipinski definition) is 4. The van der Waals surface area contributed by atoms with Crippen LogP contribution in [-0.4, -0.2) is 42.6 Å². The molecule has 0 amide bonds. The van der Waals surface area contributed by atoms with Crippen molar-refractivity contribution in [2.45, 2.75) is 25.0 Å². The molecule has 230 valence electrons. The Morgan fingerprint density at radius 2 is 1.09 bits per heavy atom. The van der Waals surface area contributed by atoms with Crippen LogP contribution >= 0.6 is 6.75 Å². The Kier molecular flexibility index (Phi) is 8.76. The predicted molar refractivity (Wildman–Crippen MR) is 185 cm³/mol. The third kappa shape index (κ3) is 5.20. The van der Waals surface area contributed by atoms with E-state index in [1.165, 1.54) is 0 Å². The van der Waals surface area contributed by atoms with E-state index >= 15 is 0 Å². The fraction of sp³-hybridized carbons (Fsp3) is 0.205. The number of benzene rings is 5. The zero-order valence-electron chi connectivity index (χ0n) is 25.8. The van der Waals surface area contributed by atoms with Crippen LogP contribution < -0.4 is 25.4 Å². The Labute approximate surface area is 266 Å². The number of aliphatic carboxylic acids is 1. The first-order valence-electron chi connectivity index (χ1n) is 15.4. The van der Waals surface area contributed by atoms with Crippen molar-refractivity contribution in [1.82, 2.24) is 4.67 Å². The maximum atomic E-state index is 13.5. The van der Waals surface area contributed by atoms with Crippen molar-refractivity contribution in [3.63, 3.8) is 0 Å². The fourth-order valence-corrected chi connectivity index (χ4v) is 14.9. The number of methoxy groups -OCH3 is 2. The number of carboxylic acids is 1. The molecule has 0 saturated carbocycles. The summed E-state index contributed by atoms with van der Waals surface area (Å²) in [5.41, 5.74) is 2.15. The van der Waals surface area contributed by atoms with Crippen molar-refractivity contribution in [3.8, 4) is 11.5 Å². The number of carbonyl (C=O) groups is 1. The van der Waals surface area contributed by atoms with E-state index in [-0.39, 0.29) is 5.92 Å². The Hall–Kier alpha value is -4.44. The zero-order valence-corrected chi connectivity index (χ0v) is 26.7. The maximum absolute atomic E-state index is 13.5. The van der Waals surface area contributed by atoms with Crippen molar-refractivity contribution >= 4 is 28.6 Å². The molecule has 0 radical (unpaired) electrons. The first-order chi connectivity index (χ1) is 22.0. The first-order valence-corrected chi connectivity index (χ1v) is 17.8. The molecule has 5 aromatic carbocycles. The predicted octanol–water partition coefficient (Wildman–Crippen LogP) is 6.67. The van der Waals surface area contributed by atoms with Crippen LogP contribution in [0.3, 0.4) is 0 Å². The van der Waals surface area contributed by atoms with E-state index in [2.05, 4.69) is 89.6 Å². The van der Waals surface area contributed by atoms with Gasteiger partial charge in [0.15, 0.2) is 0 Å². The molecule has 0 aliphatic carbocycles. The molecule has 5 nitrogen and oxygen atoms in total. The van der Waals surface area contributed by atoms with Gasteiger partial charge in [-0.05, 0) is 0 Å². The summed E-state index contributed by atoms with van der Waals surface area (Å²) in [6, 6.07) is 47.4. The minimum atomic E-state index is -3.84. The van der Waals surface area contributed by atoms with E-state index in [0.717, 1.165) is 45.0 Å². The Morgan fingerprint density at radius 1 is 0.667 bits per heavy atom. The van der Waals surface area contributed by atoms with Crippen LogP contribution in [0.25, 0.3) is 0 Å².